The van der Waals surface area contributed by atoms with Gasteiger partial charge in [-0.2, -0.15) is 0 Å². The van der Waals surface area contributed by atoms with Gasteiger partial charge >= 0.3 is 0 Å². The molecule has 0 atom stereocenters. The zero-order valence-corrected chi connectivity index (χ0v) is 8.45. The monoisotopic (exact) mass is 232 g/mol. The maximum absolute atomic E-state index is 3.95. The fourth-order valence-electron chi connectivity index (χ4n) is 1.12. The minimum atomic E-state index is 1.02. The number of hydrogen-bond donors (Lipinski definition) is 0. The van der Waals surface area contributed by atoms with Gasteiger partial charge in [-0.05, 0) is 23.8 Å². The van der Waals surface area contributed by atoms with Crippen LogP contribution in [-0.2, 0) is 0 Å². The SMILES string of the molecule is Brc1ccc(-c2[c]nccc2)cc1. The summed E-state index contributed by atoms with van der Waals surface area (Å²) in [6.07, 6.45) is 4.66. The minimum Gasteiger partial charge on any atom is -0.254 e. The lowest BCUT2D eigenvalue weighted by atomic mass is 10.1. The molecule has 1 aromatic heterocycles. The van der Waals surface area contributed by atoms with E-state index in [4.69, 9.17) is 0 Å². The predicted molar refractivity (Wildman–Crippen MR) is 56.2 cm³/mol. The standard InChI is InChI=1S/C11H7BrN/c12-11-5-3-9(4-6-11)10-2-1-7-13-8-10/h1-7H. The Labute approximate surface area is 85.6 Å². The second kappa shape index (κ2) is 3.71. The van der Waals surface area contributed by atoms with E-state index >= 15 is 0 Å². The zero-order valence-electron chi connectivity index (χ0n) is 6.87. The van der Waals surface area contributed by atoms with Gasteiger partial charge in [0.25, 0.3) is 0 Å². The van der Waals surface area contributed by atoms with Gasteiger partial charge < -0.3 is 0 Å². The molecule has 1 nitrogen and oxygen atoms in total. The number of halogens is 1. The molecule has 0 aliphatic carbocycles. The van der Waals surface area contributed by atoms with Crippen LogP contribution in [0.3, 0.4) is 0 Å². The quantitative estimate of drug-likeness (QED) is 0.736. The Kier molecular flexibility index (Phi) is 2.41. The third-order valence-electron chi connectivity index (χ3n) is 1.76. The Morgan fingerprint density at radius 1 is 1.08 bits per heavy atom. The molecular formula is C11H7BrN. The highest BCUT2D eigenvalue weighted by Crippen LogP contribution is 2.19. The van der Waals surface area contributed by atoms with Gasteiger partial charge in [0.15, 0.2) is 0 Å². The number of pyridine rings is 1. The molecule has 2 aromatic rings. The Bertz CT molecular complexity index is 381. The van der Waals surface area contributed by atoms with Crippen LogP contribution in [-0.4, -0.2) is 4.98 Å². The van der Waals surface area contributed by atoms with Crippen molar-refractivity contribution in [3.63, 3.8) is 0 Å². The fraction of sp³-hybridized carbons (Fsp3) is 0. The van der Waals surface area contributed by atoms with E-state index in [1.807, 2.05) is 36.4 Å². The molecule has 13 heavy (non-hydrogen) atoms. The summed E-state index contributed by atoms with van der Waals surface area (Å²) < 4.78 is 1.08. The summed E-state index contributed by atoms with van der Waals surface area (Å²) in [5, 5.41) is 0. The van der Waals surface area contributed by atoms with Gasteiger partial charge in [0.2, 0.25) is 0 Å². The molecule has 0 N–H and O–H groups in total. The highest BCUT2D eigenvalue weighted by Gasteiger charge is 1.95. The number of hydrogen-bond acceptors (Lipinski definition) is 1. The molecular weight excluding hydrogens is 226 g/mol. The summed E-state index contributed by atoms with van der Waals surface area (Å²) in [7, 11) is 0. The average molecular weight is 233 g/mol. The van der Waals surface area contributed by atoms with E-state index in [0.717, 1.165) is 15.6 Å². The van der Waals surface area contributed by atoms with E-state index in [1.165, 1.54) is 0 Å². The Morgan fingerprint density at radius 3 is 2.46 bits per heavy atom. The molecule has 0 saturated heterocycles. The first-order chi connectivity index (χ1) is 6.36. The van der Waals surface area contributed by atoms with Gasteiger partial charge in [0, 0.05) is 16.2 Å². The Balaban J connectivity index is 2.42. The smallest absolute Gasteiger partial charge is 0.0970 e. The van der Waals surface area contributed by atoms with Crippen LogP contribution in [0.4, 0.5) is 0 Å². The maximum Gasteiger partial charge on any atom is 0.0970 e. The van der Waals surface area contributed by atoms with Crippen molar-refractivity contribution in [3.8, 4) is 11.1 Å². The second-order valence-corrected chi connectivity index (χ2v) is 3.59. The largest absolute Gasteiger partial charge is 0.254 e. The molecule has 0 fully saturated rings. The number of rotatable bonds is 1. The third-order valence-corrected chi connectivity index (χ3v) is 2.29. The van der Waals surface area contributed by atoms with Crippen molar-refractivity contribution in [1.29, 1.82) is 0 Å². The third kappa shape index (κ3) is 1.95. The summed E-state index contributed by atoms with van der Waals surface area (Å²) in [6.45, 7) is 0. The first-order valence-corrected chi connectivity index (χ1v) is 4.74. The van der Waals surface area contributed by atoms with Crippen molar-refractivity contribution in [2.75, 3.05) is 0 Å². The van der Waals surface area contributed by atoms with Crippen molar-refractivity contribution in [3.05, 3.63) is 53.3 Å². The molecule has 0 aliphatic rings. The van der Waals surface area contributed by atoms with Crippen molar-refractivity contribution >= 4 is 15.9 Å². The summed E-state index contributed by atoms with van der Waals surface area (Å²) in [5.41, 5.74) is 2.16. The van der Waals surface area contributed by atoms with Crippen molar-refractivity contribution < 1.29 is 0 Å². The predicted octanol–water partition coefficient (Wildman–Crippen LogP) is 3.31. The maximum atomic E-state index is 3.95. The van der Waals surface area contributed by atoms with Crippen molar-refractivity contribution in [2.45, 2.75) is 0 Å². The summed E-state index contributed by atoms with van der Waals surface area (Å²) in [4.78, 5) is 3.95. The van der Waals surface area contributed by atoms with Crippen LogP contribution in [0.15, 0.2) is 47.1 Å². The van der Waals surface area contributed by atoms with Gasteiger partial charge in [-0.3, -0.25) is 4.98 Å². The highest BCUT2D eigenvalue weighted by molar-refractivity contribution is 9.10. The Hall–Kier alpha value is -1.15. The Morgan fingerprint density at radius 2 is 1.85 bits per heavy atom. The summed E-state index contributed by atoms with van der Waals surface area (Å²) in [6, 6.07) is 12.0. The number of aromatic nitrogens is 1. The van der Waals surface area contributed by atoms with Crippen molar-refractivity contribution in [2.24, 2.45) is 0 Å². The summed E-state index contributed by atoms with van der Waals surface area (Å²) in [5.74, 6) is 0. The van der Waals surface area contributed by atoms with Crippen molar-refractivity contribution in [1.82, 2.24) is 4.98 Å². The van der Waals surface area contributed by atoms with E-state index in [-0.39, 0.29) is 0 Å². The lowest BCUT2D eigenvalue weighted by Crippen LogP contribution is -1.78. The number of nitrogens with zero attached hydrogens (tertiary/aromatic N) is 1. The topological polar surface area (TPSA) is 12.9 Å². The molecule has 1 radical (unpaired) electrons. The first kappa shape index (κ1) is 8.45. The van der Waals surface area contributed by atoms with Crippen LogP contribution in [0.2, 0.25) is 0 Å². The van der Waals surface area contributed by atoms with Crippen LogP contribution in [0, 0.1) is 6.20 Å². The van der Waals surface area contributed by atoms with E-state index in [0.29, 0.717) is 0 Å². The fourth-order valence-corrected chi connectivity index (χ4v) is 1.38. The highest BCUT2D eigenvalue weighted by atomic mass is 79.9. The molecule has 63 valence electrons. The van der Waals surface area contributed by atoms with Crippen LogP contribution < -0.4 is 0 Å². The van der Waals surface area contributed by atoms with E-state index in [2.05, 4.69) is 27.1 Å². The molecule has 0 aliphatic heterocycles. The van der Waals surface area contributed by atoms with E-state index < -0.39 is 0 Å². The molecule has 0 saturated carbocycles. The van der Waals surface area contributed by atoms with E-state index in [9.17, 15) is 0 Å². The van der Waals surface area contributed by atoms with Crippen LogP contribution in [0.1, 0.15) is 0 Å². The van der Waals surface area contributed by atoms with Gasteiger partial charge in [0.05, 0.1) is 6.20 Å². The van der Waals surface area contributed by atoms with Crippen LogP contribution in [0.5, 0.6) is 0 Å². The minimum absolute atomic E-state index is 1.02. The second-order valence-electron chi connectivity index (χ2n) is 2.67. The van der Waals surface area contributed by atoms with Gasteiger partial charge in [-0.15, -0.1) is 0 Å². The molecule has 1 aromatic carbocycles. The van der Waals surface area contributed by atoms with Crippen LogP contribution in [0.25, 0.3) is 11.1 Å². The normalized spacial score (nSPS) is 9.92. The molecule has 0 unspecified atom stereocenters. The van der Waals surface area contributed by atoms with Gasteiger partial charge in [-0.1, -0.05) is 34.1 Å². The zero-order chi connectivity index (χ0) is 9.10. The molecule has 2 rings (SSSR count). The molecule has 0 bridgehead atoms. The van der Waals surface area contributed by atoms with Gasteiger partial charge in [-0.25, -0.2) is 0 Å². The lowest BCUT2D eigenvalue weighted by molar-refractivity contribution is 1.31. The average Bonchev–Trinajstić information content (AvgIpc) is 2.20. The molecule has 0 spiro atoms. The summed E-state index contributed by atoms with van der Waals surface area (Å²) >= 11 is 3.39. The molecule has 2 heteroatoms. The van der Waals surface area contributed by atoms with Crippen LogP contribution >= 0.6 is 15.9 Å². The molecule has 0 amide bonds. The number of benzene rings is 1. The lowest BCUT2D eigenvalue weighted by Gasteiger charge is -1.98. The molecule has 1 heterocycles. The van der Waals surface area contributed by atoms with E-state index in [1.54, 1.807) is 6.20 Å². The first-order valence-electron chi connectivity index (χ1n) is 3.95. The van der Waals surface area contributed by atoms with Gasteiger partial charge in [0.1, 0.15) is 0 Å².